The van der Waals surface area contributed by atoms with Gasteiger partial charge in [-0.3, -0.25) is 24.1 Å². The van der Waals surface area contributed by atoms with Gasteiger partial charge in [0.05, 0.1) is 31.7 Å². The Kier molecular flexibility index (Phi) is 8.60. The van der Waals surface area contributed by atoms with Crippen LogP contribution in [0.3, 0.4) is 0 Å². The van der Waals surface area contributed by atoms with Crippen LogP contribution in [0.2, 0.25) is 0 Å². The Labute approximate surface area is 219 Å². The molecule has 0 fully saturated rings. The fourth-order valence-corrected chi connectivity index (χ4v) is 4.95. The molecule has 0 saturated carbocycles. The van der Waals surface area contributed by atoms with Gasteiger partial charge >= 0.3 is 12.1 Å². The van der Waals surface area contributed by atoms with E-state index in [0.717, 1.165) is 11.8 Å². The fourth-order valence-electron chi connectivity index (χ4n) is 4.49. The second kappa shape index (κ2) is 11.3. The third-order valence-corrected chi connectivity index (χ3v) is 6.84. The lowest BCUT2D eigenvalue weighted by Gasteiger charge is -2.29. The quantitative estimate of drug-likeness (QED) is 0.523. The van der Waals surface area contributed by atoms with Gasteiger partial charge in [0.25, 0.3) is 0 Å². The second-order valence-corrected chi connectivity index (χ2v) is 9.14. The molecule has 0 radical (unpaired) electrons. The first-order valence-electron chi connectivity index (χ1n) is 11.2. The number of alkyl halides is 3. The average Bonchev–Trinajstić information content (AvgIpc) is 3.09. The second-order valence-electron chi connectivity index (χ2n) is 8.29. The first kappa shape index (κ1) is 28.8. The van der Waals surface area contributed by atoms with Gasteiger partial charge in [0.15, 0.2) is 16.9 Å². The van der Waals surface area contributed by atoms with Gasteiger partial charge in [-0.1, -0.05) is 6.07 Å². The maximum atomic E-state index is 13.0. The molecule has 0 unspecified atom stereocenters. The predicted molar refractivity (Wildman–Crippen MR) is 132 cm³/mol. The van der Waals surface area contributed by atoms with Gasteiger partial charge in [-0.15, -0.1) is 11.8 Å². The molecule has 0 aliphatic heterocycles. The Balaban J connectivity index is 2.26. The number of aromatic hydroxyl groups is 1. The Morgan fingerprint density at radius 2 is 1.82 bits per heavy atom. The molecule has 0 spiro atoms. The molecular weight excluding hydrogens is 529 g/mol. The molecule has 3 amide bonds. The van der Waals surface area contributed by atoms with Crippen molar-refractivity contribution in [3.63, 3.8) is 0 Å². The molecule has 1 aliphatic rings. The van der Waals surface area contributed by atoms with Gasteiger partial charge in [-0.2, -0.15) is 13.2 Å². The minimum Gasteiger partial charge on any atom is -0.504 e. The number of ether oxygens (including phenoxy) is 2. The van der Waals surface area contributed by atoms with Crippen LogP contribution in [0.5, 0.6) is 17.2 Å². The Morgan fingerprint density at radius 3 is 2.37 bits per heavy atom. The largest absolute Gasteiger partial charge is 0.504 e. The lowest BCUT2D eigenvalue weighted by molar-refractivity contribution is -0.174. The maximum Gasteiger partial charge on any atom is 0.471 e. The Bertz CT molecular complexity index is 1350. The van der Waals surface area contributed by atoms with E-state index >= 15 is 0 Å². The lowest BCUT2D eigenvalue weighted by atomic mass is 9.95. The zero-order valence-corrected chi connectivity index (χ0v) is 21.7. The smallest absolute Gasteiger partial charge is 0.471 e. The van der Waals surface area contributed by atoms with Crippen LogP contribution in [-0.2, 0) is 20.8 Å². The highest BCUT2D eigenvalue weighted by Gasteiger charge is 2.40. The van der Waals surface area contributed by atoms with Crippen LogP contribution >= 0.6 is 11.8 Å². The molecule has 0 saturated heterocycles. The van der Waals surface area contributed by atoms with Gasteiger partial charge in [-0.05, 0) is 54.0 Å². The van der Waals surface area contributed by atoms with Crippen LogP contribution in [0.4, 0.5) is 13.2 Å². The SMILES string of the molecule is COc1c(O)cc2c(c1OC)-c1ccc(SC)c(=O)cc1[C@@H](N(C(C)=O)C(=O)CNC(=O)C(F)(F)F)CC2. The topological polar surface area (TPSA) is 122 Å². The van der Waals surface area contributed by atoms with Crippen LogP contribution in [0.1, 0.15) is 30.5 Å². The van der Waals surface area contributed by atoms with Gasteiger partial charge < -0.3 is 19.9 Å². The molecule has 13 heteroatoms. The molecule has 2 aromatic rings. The van der Waals surface area contributed by atoms with Crippen LogP contribution in [0.25, 0.3) is 11.1 Å². The maximum absolute atomic E-state index is 13.0. The number of imide groups is 1. The van der Waals surface area contributed by atoms with E-state index in [9.17, 15) is 37.5 Å². The number of hydrogen-bond donors (Lipinski definition) is 2. The summed E-state index contributed by atoms with van der Waals surface area (Å²) in [5.74, 6) is -4.24. The normalized spacial score (nSPS) is 14.4. The fraction of sp³-hybridized carbons (Fsp3) is 0.360. The zero-order chi connectivity index (χ0) is 28.4. The molecule has 9 nitrogen and oxygen atoms in total. The number of halogens is 3. The van der Waals surface area contributed by atoms with E-state index in [1.165, 1.54) is 43.4 Å². The summed E-state index contributed by atoms with van der Waals surface area (Å²) in [6.45, 7) is -0.0289. The van der Waals surface area contributed by atoms with Crippen LogP contribution in [0.15, 0.2) is 34.0 Å². The number of methoxy groups -OCH3 is 2. The van der Waals surface area contributed by atoms with Crippen molar-refractivity contribution in [3.8, 4) is 28.4 Å². The van der Waals surface area contributed by atoms with Crippen LogP contribution in [0, 0.1) is 0 Å². The highest BCUT2D eigenvalue weighted by Crippen LogP contribution is 2.50. The third kappa shape index (κ3) is 5.57. The summed E-state index contributed by atoms with van der Waals surface area (Å²) >= 11 is 1.18. The monoisotopic (exact) mass is 554 g/mol. The number of nitrogens with one attached hydrogen (secondary N) is 1. The highest BCUT2D eigenvalue weighted by molar-refractivity contribution is 7.98. The van der Waals surface area contributed by atoms with E-state index in [-0.39, 0.29) is 35.7 Å². The summed E-state index contributed by atoms with van der Waals surface area (Å²) < 4.78 is 48.9. The molecule has 0 heterocycles. The number of thioether (sulfide) groups is 1. The standard InChI is InChI=1S/C25H25F3N2O7S/c1-12(31)30(20(34)11-29-24(35)25(26,27)28)16-7-5-13-9-18(33)22(36-2)23(37-3)21(13)14-6-8-19(38-4)17(32)10-15(14)16/h6,8-10,16,33H,5,7,11H2,1-4H3,(H,29,35)/t16-/m0/s1. The van der Waals surface area contributed by atoms with E-state index in [1.807, 2.05) is 0 Å². The number of phenols is 1. The summed E-state index contributed by atoms with van der Waals surface area (Å²) in [5, 5.41) is 12.0. The van der Waals surface area contributed by atoms with E-state index in [2.05, 4.69) is 0 Å². The first-order valence-corrected chi connectivity index (χ1v) is 12.4. The van der Waals surface area contributed by atoms with Crippen molar-refractivity contribution < 1.29 is 42.1 Å². The van der Waals surface area contributed by atoms with Crippen molar-refractivity contribution in [2.24, 2.45) is 0 Å². The molecule has 1 atom stereocenters. The number of fused-ring (bicyclic) bond motifs is 3. The number of aryl methyl sites for hydroxylation is 1. The molecular formula is C25H25F3N2O7S. The molecule has 0 aromatic heterocycles. The molecule has 2 aromatic carbocycles. The summed E-state index contributed by atoms with van der Waals surface area (Å²) in [5.41, 5.74) is 1.26. The number of carbonyl (C=O) groups is 3. The van der Waals surface area contributed by atoms with Crippen molar-refractivity contribution in [1.29, 1.82) is 0 Å². The Hall–Kier alpha value is -3.74. The van der Waals surface area contributed by atoms with Crippen molar-refractivity contribution in [3.05, 3.63) is 45.6 Å². The molecule has 3 rings (SSSR count). The van der Waals surface area contributed by atoms with E-state index < -0.39 is 41.9 Å². The summed E-state index contributed by atoms with van der Waals surface area (Å²) in [6.07, 6.45) is -3.27. The number of amides is 3. The van der Waals surface area contributed by atoms with Crippen molar-refractivity contribution in [2.45, 2.75) is 36.9 Å². The van der Waals surface area contributed by atoms with E-state index in [0.29, 0.717) is 21.6 Å². The van der Waals surface area contributed by atoms with Crippen molar-refractivity contribution >= 4 is 29.5 Å². The molecule has 2 N–H and O–H groups in total. The minimum absolute atomic E-state index is 0.0314. The zero-order valence-electron chi connectivity index (χ0n) is 20.9. The summed E-state index contributed by atoms with van der Waals surface area (Å²) in [6, 6.07) is 4.83. The average molecular weight is 555 g/mol. The highest BCUT2D eigenvalue weighted by atomic mass is 32.2. The number of benzene rings is 1. The summed E-state index contributed by atoms with van der Waals surface area (Å²) in [4.78, 5) is 51.1. The summed E-state index contributed by atoms with van der Waals surface area (Å²) in [7, 11) is 2.70. The molecule has 1 aliphatic carbocycles. The molecule has 204 valence electrons. The number of nitrogens with zero attached hydrogens (tertiary/aromatic N) is 1. The lowest BCUT2D eigenvalue weighted by Crippen LogP contribution is -2.47. The first-order chi connectivity index (χ1) is 17.8. The Morgan fingerprint density at radius 1 is 1.16 bits per heavy atom. The van der Waals surface area contributed by atoms with Gasteiger partial charge in [0.2, 0.25) is 17.6 Å². The molecule has 38 heavy (non-hydrogen) atoms. The van der Waals surface area contributed by atoms with Crippen LogP contribution in [-0.4, -0.2) is 60.9 Å². The molecule has 0 bridgehead atoms. The number of phenolic OH excluding ortho intramolecular Hbond substituents is 1. The predicted octanol–water partition coefficient (Wildman–Crippen LogP) is 3.20. The van der Waals surface area contributed by atoms with Gasteiger partial charge in [-0.25, -0.2) is 0 Å². The third-order valence-electron chi connectivity index (χ3n) is 6.06. The number of hydrogen-bond acceptors (Lipinski definition) is 8. The van der Waals surface area contributed by atoms with Crippen LogP contribution < -0.4 is 20.2 Å². The number of rotatable bonds is 6. The van der Waals surface area contributed by atoms with E-state index in [4.69, 9.17) is 9.47 Å². The number of carbonyl (C=O) groups excluding carboxylic acids is 3. The minimum atomic E-state index is -5.21. The van der Waals surface area contributed by atoms with Crippen molar-refractivity contribution in [1.82, 2.24) is 10.2 Å². The van der Waals surface area contributed by atoms with Crippen molar-refractivity contribution in [2.75, 3.05) is 27.0 Å². The van der Waals surface area contributed by atoms with Gasteiger partial charge in [0, 0.05) is 12.5 Å². The van der Waals surface area contributed by atoms with Gasteiger partial charge in [0.1, 0.15) is 0 Å². The van der Waals surface area contributed by atoms with E-state index in [1.54, 1.807) is 18.4 Å².